The summed E-state index contributed by atoms with van der Waals surface area (Å²) in [6, 6.07) is -0.0187. The predicted molar refractivity (Wildman–Crippen MR) is 109 cm³/mol. The lowest BCUT2D eigenvalue weighted by Crippen LogP contribution is -2.22. The van der Waals surface area contributed by atoms with Crippen molar-refractivity contribution in [2.75, 3.05) is 17.7 Å². The van der Waals surface area contributed by atoms with Gasteiger partial charge in [-0.15, -0.1) is 4.80 Å². The van der Waals surface area contributed by atoms with Gasteiger partial charge in [0.2, 0.25) is 0 Å². The number of nitrogens with zero attached hydrogens (tertiary/aromatic N) is 5. The molecule has 13 heteroatoms. The number of nitrogens with one attached hydrogen (secondary N) is 2. The highest BCUT2D eigenvalue weighted by Crippen LogP contribution is 2.35. The Kier molecular flexibility index (Phi) is 6.55. The second kappa shape index (κ2) is 8.98. The Bertz CT molecular complexity index is 1090. The standard InChI is InChI=1S/C18H17BrF3N7O2/c1-9-15(19)14(10(2)31-3)13(8-23-9)28-17(30)27-11-6-12(18(20,21)22)16(24-7-11)29-25-4-5-26-29/h4-8,10H,1-3H3,(H2,27,28,30). The van der Waals surface area contributed by atoms with Crippen LogP contribution in [-0.2, 0) is 10.9 Å². The molecule has 3 heterocycles. The maximum atomic E-state index is 13.5. The summed E-state index contributed by atoms with van der Waals surface area (Å²) in [5, 5.41) is 12.3. The van der Waals surface area contributed by atoms with Gasteiger partial charge in [0, 0.05) is 17.1 Å². The van der Waals surface area contributed by atoms with E-state index < -0.39 is 23.6 Å². The number of amides is 2. The third-order valence-electron chi connectivity index (χ3n) is 4.28. The summed E-state index contributed by atoms with van der Waals surface area (Å²) < 4.78 is 46.5. The van der Waals surface area contributed by atoms with Crippen LogP contribution in [0.3, 0.4) is 0 Å². The number of carbonyl (C=O) groups excluding carboxylic acids is 1. The highest BCUT2D eigenvalue weighted by atomic mass is 79.9. The number of aromatic nitrogens is 5. The molecule has 0 radical (unpaired) electrons. The van der Waals surface area contributed by atoms with Crippen molar-refractivity contribution in [3.63, 3.8) is 0 Å². The van der Waals surface area contributed by atoms with Crippen LogP contribution in [-0.4, -0.2) is 38.1 Å². The van der Waals surface area contributed by atoms with Crippen LogP contribution in [0.25, 0.3) is 5.82 Å². The summed E-state index contributed by atoms with van der Waals surface area (Å²) in [5.41, 5.74) is 0.396. The molecule has 1 unspecified atom stereocenters. The molecule has 9 nitrogen and oxygen atoms in total. The van der Waals surface area contributed by atoms with Gasteiger partial charge in [-0.2, -0.15) is 23.4 Å². The summed E-state index contributed by atoms with van der Waals surface area (Å²) >= 11 is 3.42. The molecule has 1 atom stereocenters. The third kappa shape index (κ3) is 4.99. The molecule has 2 amide bonds. The molecule has 3 rings (SSSR count). The summed E-state index contributed by atoms with van der Waals surface area (Å²) in [5.74, 6) is -0.508. The molecular weight excluding hydrogens is 483 g/mol. The Morgan fingerprint density at radius 2 is 1.87 bits per heavy atom. The average Bonchev–Trinajstić information content (AvgIpc) is 3.24. The number of rotatable bonds is 5. The minimum Gasteiger partial charge on any atom is -0.377 e. The van der Waals surface area contributed by atoms with Crippen LogP contribution in [0, 0.1) is 6.92 Å². The molecule has 0 fully saturated rings. The number of hydrogen-bond donors (Lipinski definition) is 2. The minimum atomic E-state index is -4.74. The Morgan fingerprint density at radius 1 is 1.19 bits per heavy atom. The number of halogens is 4. The maximum Gasteiger partial charge on any atom is 0.420 e. The Labute approximate surface area is 183 Å². The fraction of sp³-hybridized carbons (Fsp3) is 0.278. The molecule has 164 valence electrons. The maximum absolute atomic E-state index is 13.5. The fourth-order valence-electron chi connectivity index (χ4n) is 2.72. The lowest BCUT2D eigenvalue weighted by molar-refractivity contribution is -0.137. The molecule has 31 heavy (non-hydrogen) atoms. The van der Waals surface area contributed by atoms with E-state index in [0.29, 0.717) is 21.4 Å². The number of urea groups is 1. The van der Waals surface area contributed by atoms with Crippen LogP contribution >= 0.6 is 15.9 Å². The summed E-state index contributed by atoms with van der Waals surface area (Å²) in [6.45, 7) is 3.56. The van der Waals surface area contributed by atoms with Crippen LogP contribution in [0.2, 0.25) is 0 Å². The van der Waals surface area contributed by atoms with Crippen molar-refractivity contribution in [3.8, 4) is 5.82 Å². The van der Waals surface area contributed by atoms with Crippen molar-refractivity contribution in [1.29, 1.82) is 0 Å². The van der Waals surface area contributed by atoms with Crippen LogP contribution in [0.5, 0.6) is 0 Å². The molecular formula is C18H17BrF3N7O2. The summed E-state index contributed by atoms with van der Waals surface area (Å²) in [6.07, 6.45) is -0.143. The number of hydrogen-bond acceptors (Lipinski definition) is 6. The zero-order valence-electron chi connectivity index (χ0n) is 16.5. The van der Waals surface area contributed by atoms with E-state index >= 15 is 0 Å². The SMILES string of the molecule is COC(C)c1c(NC(=O)Nc2cnc(-n3nccn3)c(C(F)(F)F)c2)cnc(C)c1Br. The molecule has 0 aliphatic rings. The van der Waals surface area contributed by atoms with Gasteiger partial charge in [-0.05, 0) is 35.8 Å². The zero-order chi connectivity index (χ0) is 22.8. The summed E-state index contributed by atoms with van der Waals surface area (Å²) in [4.78, 5) is 21.2. The largest absolute Gasteiger partial charge is 0.420 e. The van der Waals surface area contributed by atoms with Gasteiger partial charge in [-0.1, -0.05) is 0 Å². The zero-order valence-corrected chi connectivity index (χ0v) is 18.1. The van der Waals surface area contributed by atoms with E-state index in [1.807, 2.05) is 0 Å². The van der Waals surface area contributed by atoms with Crippen molar-refractivity contribution in [2.45, 2.75) is 26.1 Å². The fourth-order valence-corrected chi connectivity index (χ4v) is 3.36. The Hall–Kier alpha value is -3.06. The number of aryl methyl sites for hydroxylation is 1. The molecule has 0 saturated heterocycles. The van der Waals surface area contributed by atoms with Gasteiger partial charge in [0.05, 0.1) is 48.0 Å². The second-order valence-electron chi connectivity index (χ2n) is 6.35. The van der Waals surface area contributed by atoms with Gasteiger partial charge in [0.15, 0.2) is 5.82 Å². The number of carbonyl (C=O) groups is 1. The van der Waals surface area contributed by atoms with Crippen LogP contribution in [0.1, 0.15) is 29.8 Å². The Balaban J connectivity index is 1.87. The van der Waals surface area contributed by atoms with Crippen molar-refractivity contribution in [3.05, 3.63) is 52.1 Å². The van der Waals surface area contributed by atoms with E-state index in [0.717, 1.165) is 17.1 Å². The van der Waals surface area contributed by atoms with E-state index in [-0.39, 0.29) is 11.8 Å². The van der Waals surface area contributed by atoms with Crippen molar-refractivity contribution in [1.82, 2.24) is 25.0 Å². The molecule has 2 N–H and O–H groups in total. The first kappa shape index (κ1) is 22.6. The van der Waals surface area contributed by atoms with Crippen molar-refractivity contribution in [2.24, 2.45) is 0 Å². The van der Waals surface area contributed by atoms with Gasteiger partial charge in [-0.3, -0.25) is 4.98 Å². The lowest BCUT2D eigenvalue weighted by atomic mass is 10.1. The second-order valence-corrected chi connectivity index (χ2v) is 7.15. The first-order valence-electron chi connectivity index (χ1n) is 8.81. The summed E-state index contributed by atoms with van der Waals surface area (Å²) in [7, 11) is 1.51. The van der Waals surface area contributed by atoms with Crippen LogP contribution in [0.15, 0.2) is 35.3 Å². The predicted octanol–water partition coefficient (Wildman–Crippen LogP) is 4.50. The molecule has 0 spiro atoms. The molecule has 3 aromatic rings. The van der Waals surface area contributed by atoms with Gasteiger partial charge in [0.25, 0.3) is 0 Å². The molecule has 0 aliphatic carbocycles. The van der Waals surface area contributed by atoms with Crippen molar-refractivity contribution >= 4 is 33.3 Å². The first-order valence-corrected chi connectivity index (χ1v) is 9.60. The minimum absolute atomic E-state index is 0.166. The normalized spacial score (nSPS) is 12.5. The molecule has 0 bridgehead atoms. The van der Waals surface area contributed by atoms with E-state index in [1.165, 1.54) is 25.7 Å². The highest BCUT2D eigenvalue weighted by Gasteiger charge is 2.36. The third-order valence-corrected chi connectivity index (χ3v) is 5.28. The van der Waals surface area contributed by atoms with Crippen LogP contribution < -0.4 is 10.6 Å². The highest BCUT2D eigenvalue weighted by molar-refractivity contribution is 9.10. The van der Waals surface area contributed by atoms with Gasteiger partial charge in [0.1, 0.15) is 5.56 Å². The smallest absolute Gasteiger partial charge is 0.377 e. The molecule has 3 aromatic heterocycles. The molecule has 0 aromatic carbocycles. The number of anilines is 2. The van der Waals surface area contributed by atoms with E-state index in [4.69, 9.17) is 4.74 Å². The quantitative estimate of drug-likeness (QED) is 0.535. The number of alkyl halides is 3. The number of ether oxygens (including phenoxy) is 1. The van der Waals surface area contributed by atoms with Crippen molar-refractivity contribution < 1.29 is 22.7 Å². The molecule has 0 aliphatic heterocycles. The van der Waals surface area contributed by atoms with Crippen LogP contribution in [0.4, 0.5) is 29.3 Å². The van der Waals surface area contributed by atoms with E-state index in [9.17, 15) is 18.0 Å². The van der Waals surface area contributed by atoms with Gasteiger partial charge >= 0.3 is 12.2 Å². The Morgan fingerprint density at radius 3 is 2.48 bits per heavy atom. The monoisotopic (exact) mass is 499 g/mol. The average molecular weight is 500 g/mol. The van der Waals surface area contributed by atoms with Gasteiger partial charge in [-0.25, -0.2) is 9.78 Å². The lowest BCUT2D eigenvalue weighted by Gasteiger charge is -2.19. The molecule has 0 saturated carbocycles. The number of pyridine rings is 2. The van der Waals surface area contributed by atoms with Gasteiger partial charge < -0.3 is 15.4 Å². The van der Waals surface area contributed by atoms with E-state index in [1.54, 1.807) is 13.8 Å². The topological polar surface area (TPSA) is 107 Å². The first-order chi connectivity index (χ1) is 14.6. The number of methoxy groups -OCH3 is 1. The van der Waals surface area contributed by atoms with E-state index in [2.05, 4.69) is 46.7 Å².